The van der Waals surface area contributed by atoms with Crippen molar-refractivity contribution in [3.63, 3.8) is 0 Å². The normalized spacial score (nSPS) is 13.3. The predicted octanol–water partition coefficient (Wildman–Crippen LogP) is 0.403. The minimum absolute atomic E-state index is 0.375. The maximum atomic E-state index is 11.5. The maximum absolute atomic E-state index is 11.5. The molecular weight excluding hydrogens is 161 g/mol. The van der Waals surface area contributed by atoms with Gasteiger partial charge in [-0.1, -0.05) is 0 Å². The summed E-state index contributed by atoms with van der Waals surface area (Å²) in [5.41, 5.74) is 2.89. The standard InChI is InChI=1S/C5H7F3N2O/c6-5(7,8)4(10)1-3(9)2-11/h1,10-11H,2,9H2/b3-1-,10-4?. The van der Waals surface area contributed by atoms with Gasteiger partial charge in [0.25, 0.3) is 0 Å². The number of alkyl halides is 3. The molecule has 0 heterocycles. The number of allylic oxidation sites excluding steroid dienone is 1. The third-order valence-electron chi connectivity index (χ3n) is 0.818. The molecule has 0 amide bonds. The Morgan fingerprint density at radius 3 is 2.27 bits per heavy atom. The van der Waals surface area contributed by atoms with Crippen molar-refractivity contribution in [2.24, 2.45) is 5.73 Å². The van der Waals surface area contributed by atoms with E-state index in [2.05, 4.69) is 0 Å². The minimum Gasteiger partial charge on any atom is -0.400 e. The molecule has 0 atom stereocenters. The van der Waals surface area contributed by atoms with Crippen LogP contribution in [-0.2, 0) is 0 Å². The second-order valence-corrected chi connectivity index (χ2v) is 1.79. The van der Waals surface area contributed by atoms with Crippen molar-refractivity contribution >= 4 is 5.71 Å². The number of nitrogens with one attached hydrogen (secondary N) is 1. The van der Waals surface area contributed by atoms with E-state index in [9.17, 15) is 13.2 Å². The van der Waals surface area contributed by atoms with Crippen LogP contribution in [0.4, 0.5) is 13.2 Å². The van der Waals surface area contributed by atoms with Crippen LogP contribution in [0.1, 0.15) is 0 Å². The van der Waals surface area contributed by atoms with Gasteiger partial charge in [0.1, 0.15) is 5.71 Å². The van der Waals surface area contributed by atoms with Crippen LogP contribution >= 0.6 is 0 Å². The van der Waals surface area contributed by atoms with E-state index < -0.39 is 18.5 Å². The van der Waals surface area contributed by atoms with E-state index in [1.165, 1.54) is 0 Å². The Balaban J connectivity index is 4.30. The molecule has 0 fully saturated rings. The Kier molecular flexibility index (Phi) is 3.06. The molecule has 0 aromatic rings. The Morgan fingerprint density at radius 1 is 1.55 bits per heavy atom. The van der Waals surface area contributed by atoms with E-state index in [0.29, 0.717) is 6.08 Å². The van der Waals surface area contributed by atoms with Gasteiger partial charge in [0.2, 0.25) is 0 Å². The Hall–Kier alpha value is -1.04. The van der Waals surface area contributed by atoms with Crippen LogP contribution in [0.15, 0.2) is 11.8 Å². The average Bonchev–Trinajstić information content (AvgIpc) is 1.85. The number of halogens is 3. The summed E-state index contributed by atoms with van der Waals surface area (Å²) in [5.74, 6) is 0. The van der Waals surface area contributed by atoms with Crippen LogP contribution in [0.25, 0.3) is 0 Å². The molecule has 0 aliphatic rings. The van der Waals surface area contributed by atoms with Crippen LogP contribution in [0, 0.1) is 5.41 Å². The predicted molar refractivity (Wildman–Crippen MR) is 33.1 cm³/mol. The monoisotopic (exact) mass is 168 g/mol. The van der Waals surface area contributed by atoms with Gasteiger partial charge >= 0.3 is 6.18 Å². The fraction of sp³-hybridized carbons (Fsp3) is 0.400. The highest BCUT2D eigenvalue weighted by Gasteiger charge is 2.32. The number of nitrogens with two attached hydrogens (primary N) is 1. The van der Waals surface area contributed by atoms with Gasteiger partial charge in [-0.15, -0.1) is 0 Å². The number of aliphatic hydroxyl groups excluding tert-OH is 1. The third kappa shape index (κ3) is 3.61. The lowest BCUT2D eigenvalue weighted by atomic mass is 10.3. The Bertz CT molecular complexity index is 185. The summed E-state index contributed by atoms with van der Waals surface area (Å²) in [4.78, 5) is 0. The van der Waals surface area contributed by atoms with Gasteiger partial charge in [0, 0.05) is 5.70 Å². The summed E-state index contributed by atoms with van der Waals surface area (Å²) in [6, 6.07) is 0. The van der Waals surface area contributed by atoms with Crippen molar-refractivity contribution in [3.05, 3.63) is 11.8 Å². The number of hydrogen-bond acceptors (Lipinski definition) is 3. The van der Waals surface area contributed by atoms with E-state index in [1.54, 1.807) is 0 Å². The number of hydrogen-bond donors (Lipinski definition) is 3. The lowest BCUT2D eigenvalue weighted by Gasteiger charge is -2.03. The highest BCUT2D eigenvalue weighted by atomic mass is 19.4. The third-order valence-corrected chi connectivity index (χ3v) is 0.818. The molecule has 0 aromatic heterocycles. The van der Waals surface area contributed by atoms with Crippen LogP contribution < -0.4 is 5.73 Å². The molecule has 0 bridgehead atoms. The minimum atomic E-state index is -4.69. The van der Waals surface area contributed by atoms with Crippen LogP contribution in [-0.4, -0.2) is 23.6 Å². The smallest absolute Gasteiger partial charge is 0.400 e. The molecule has 0 spiro atoms. The number of aliphatic hydroxyl groups is 1. The first-order valence-corrected chi connectivity index (χ1v) is 2.60. The van der Waals surface area contributed by atoms with Crippen molar-refractivity contribution in [1.82, 2.24) is 0 Å². The topological polar surface area (TPSA) is 70.1 Å². The first-order chi connectivity index (χ1) is 4.88. The zero-order valence-corrected chi connectivity index (χ0v) is 5.44. The van der Waals surface area contributed by atoms with Gasteiger partial charge < -0.3 is 10.8 Å². The van der Waals surface area contributed by atoms with Crippen LogP contribution in [0.2, 0.25) is 0 Å². The van der Waals surface area contributed by atoms with Crippen LogP contribution in [0.3, 0.4) is 0 Å². The van der Waals surface area contributed by atoms with E-state index in [1.807, 2.05) is 0 Å². The van der Waals surface area contributed by atoms with Gasteiger partial charge in [-0.3, -0.25) is 5.41 Å². The largest absolute Gasteiger partial charge is 0.432 e. The molecule has 0 saturated carbocycles. The molecule has 0 aliphatic heterocycles. The molecule has 0 saturated heterocycles. The summed E-state index contributed by atoms with van der Waals surface area (Å²) >= 11 is 0. The average molecular weight is 168 g/mol. The van der Waals surface area contributed by atoms with Crippen molar-refractivity contribution in [2.75, 3.05) is 6.61 Å². The van der Waals surface area contributed by atoms with Gasteiger partial charge in [0.15, 0.2) is 0 Å². The molecule has 0 rings (SSSR count). The molecule has 4 N–H and O–H groups in total. The highest BCUT2D eigenvalue weighted by molar-refractivity contribution is 5.97. The molecule has 0 aliphatic carbocycles. The lowest BCUT2D eigenvalue weighted by Crippen LogP contribution is -2.21. The zero-order valence-electron chi connectivity index (χ0n) is 5.44. The zero-order chi connectivity index (χ0) is 9.07. The fourth-order valence-electron chi connectivity index (χ4n) is 0.313. The van der Waals surface area contributed by atoms with Gasteiger partial charge in [0.05, 0.1) is 6.61 Å². The number of rotatable bonds is 2. The molecule has 0 radical (unpaired) electrons. The van der Waals surface area contributed by atoms with E-state index in [0.717, 1.165) is 0 Å². The highest BCUT2D eigenvalue weighted by Crippen LogP contribution is 2.16. The quantitative estimate of drug-likeness (QED) is 0.522. The summed E-state index contributed by atoms with van der Waals surface area (Å²) < 4.78 is 34.6. The summed E-state index contributed by atoms with van der Waals surface area (Å²) in [7, 11) is 0. The van der Waals surface area contributed by atoms with Crippen molar-refractivity contribution in [1.29, 1.82) is 5.41 Å². The van der Waals surface area contributed by atoms with E-state index in [-0.39, 0.29) is 5.70 Å². The molecule has 64 valence electrons. The van der Waals surface area contributed by atoms with Gasteiger partial charge in [-0.05, 0) is 6.08 Å². The van der Waals surface area contributed by atoms with E-state index >= 15 is 0 Å². The molecule has 11 heavy (non-hydrogen) atoms. The molecule has 6 heteroatoms. The van der Waals surface area contributed by atoms with Crippen molar-refractivity contribution < 1.29 is 18.3 Å². The van der Waals surface area contributed by atoms with Crippen molar-refractivity contribution in [3.8, 4) is 0 Å². The maximum Gasteiger partial charge on any atom is 0.432 e. The summed E-state index contributed by atoms with van der Waals surface area (Å²) in [6.45, 7) is -0.682. The van der Waals surface area contributed by atoms with Gasteiger partial charge in [-0.2, -0.15) is 13.2 Å². The molecular formula is C5H7F3N2O. The fourth-order valence-corrected chi connectivity index (χ4v) is 0.313. The summed E-state index contributed by atoms with van der Waals surface area (Å²) in [6.07, 6.45) is -4.32. The first kappa shape index (κ1) is 9.96. The molecule has 0 unspecified atom stereocenters. The molecule has 3 nitrogen and oxygen atoms in total. The first-order valence-electron chi connectivity index (χ1n) is 2.60. The Labute approximate surface area is 60.8 Å². The lowest BCUT2D eigenvalue weighted by molar-refractivity contribution is -0.0584. The second-order valence-electron chi connectivity index (χ2n) is 1.79. The second kappa shape index (κ2) is 3.38. The SMILES string of the molecule is N=C(/C=C(\N)CO)C(F)(F)F. The van der Waals surface area contributed by atoms with Gasteiger partial charge in [-0.25, -0.2) is 0 Å². The van der Waals surface area contributed by atoms with Crippen molar-refractivity contribution in [2.45, 2.75) is 6.18 Å². The molecule has 0 aromatic carbocycles. The summed E-state index contributed by atoms with van der Waals surface area (Å²) in [5, 5.41) is 14.6. The van der Waals surface area contributed by atoms with E-state index in [4.69, 9.17) is 16.2 Å². The van der Waals surface area contributed by atoms with Crippen LogP contribution in [0.5, 0.6) is 0 Å². The Morgan fingerprint density at radius 2 is 2.00 bits per heavy atom.